The lowest BCUT2D eigenvalue weighted by atomic mass is 9.87. The van der Waals surface area contributed by atoms with Crippen molar-refractivity contribution >= 4 is 11.8 Å². The SMILES string of the molecule is COc1cccc([C@@H]2CN(C(=O)c3ccc4c(c3)OCO4)C[C@@H]2C(=O)NCC2CC2)c1OC. The molecule has 2 aromatic carbocycles. The molecule has 5 rings (SSSR count). The van der Waals surface area contributed by atoms with Crippen molar-refractivity contribution in [2.45, 2.75) is 18.8 Å². The summed E-state index contributed by atoms with van der Waals surface area (Å²) in [5.41, 5.74) is 1.37. The molecule has 0 spiro atoms. The Morgan fingerprint density at radius 1 is 1.06 bits per heavy atom. The number of fused-ring (bicyclic) bond motifs is 1. The van der Waals surface area contributed by atoms with Crippen molar-refractivity contribution in [3.8, 4) is 23.0 Å². The molecule has 0 bridgehead atoms. The number of para-hydroxylation sites is 1. The van der Waals surface area contributed by atoms with E-state index in [2.05, 4.69) is 5.32 Å². The highest BCUT2D eigenvalue weighted by Gasteiger charge is 2.42. The highest BCUT2D eigenvalue weighted by molar-refractivity contribution is 5.96. The van der Waals surface area contributed by atoms with E-state index in [1.54, 1.807) is 37.3 Å². The molecule has 2 aromatic rings. The lowest BCUT2D eigenvalue weighted by Gasteiger charge is -2.21. The van der Waals surface area contributed by atoms with Crippen LogP contribution >= 0.6 is 0 Å². The zero-order valence-corrected chi connectivity index (χ0v) is 18.8. The van der Waals surface area contributed by atoms with Crippen LogP contribution in [0.3, 0.4) is 0 Å². The fraction of sp³-hybridized carbons (Fsp3) is 0.440. The number of ether oxygens (including phenoxy) is 4. The molecule has 2 aliphatic heterocycles. The van der Waals surface area contributed by atoms with E-state index < -0.39 is 0 Å². The number of likely N-dealkylation sites (tertiary alicyclic amines) is 1. The minimum atomic E-state index is -0.386. The first-order valence-electron chi connectivity index (χ1n) is 11.3. The van der Waals surface area contributed by atoms with Gasteiger partial charge in [-0.05, 0) is 43.0 Å². The van der Waals surface area contributed by atoms with Crippen LogP contribution in [0, 0.1) is 11.8 Å². The molecule has 2 atom stereocenters. The van der Waals surface area contributed by atoms with E-state index in [4.69, 9.17) is 18.9 Å². The smallest absolute Gasteiger partial charge is 0.254 e. The Morgan fingerprint density at radius 3 is 2.64 bits per heavy atom. The molecule has 1 N–H and O–H groups in total. The third-order valence-corrected chi connectivity index (χ3v) is 6.66. The summed E-state index contributed by atoms with van der Waals surface area (Å²) in [6.45, 7) is 1.57. The van der Waals surface area contributed by atoms with Crippen LogP contribution in [0.4, 0.5) is 0 Å². The van der Waals surface area contributed by atoms with Gasteiger partial charge in [0, 0.05) is 36.7 Å². The maximum absolute atomic E-state index is 13.4. The number of methoxy groups -OCH3 is 2. The predicted octanol–water partition coefficient (Wildman–Crippen LogP) is 2.81. The second-order valence-electron chi connectivity index (χ2n) is 8.76. The Kier molecular flexibility index (Phi) is 5.74. The second kappa shape index (κ2) is 8.84. The molecule has 2 amide bonds. The number of nitrogens with one attached hydrogen (secondary N) is 1. The minimum absolute atomic E-state index is 0.0299. The number of carbonyl (C=O) groups is 2. The molecule has 174 valence electrons. The van der Waals surface area contributed by atoms with Crippen LogP contribution in [0.25, 0.3) is 0 Å². The maximum atomic E-state index is 13.4. The summed E-state index contributed by atoms with van der Waals surface area (Å²) in [6.07, 6.45) is 2.32. The Morgan fingerprint density at radius 2 is 1.88 bits per heavy atom. The number of amides is 2. The number of hydrogen-bond donors (Lipinski definition) is 1. The standard InChI is InChI=1S/C25H28N2O6/c1-30-21-5-3-4-17(23(21)31-2)18-12-27(13-19(18)24(28)26-11-15-6-7-15)25(29)16-8-9-20-22(10-16)33-14-32-20/h3-5,8-10,15,18-19H,6-7,11-14H2,1-2H3,(H,26,28)/t18-,19-/m0/s1. The van der Waals surface area contributed by atoms with E-state index in [-0.39, 0.29) is 30.4 Å². The van der Waals surface area contributed by atoms with Crippen LogP contribution in [0.1, 0.15) is 34.7 Å². The van der Waals surface area contributed by atoms with Gasteiger partial charge < -0.3 is 29.2 Å². The van der Waals surface area contributed by atoms with Gasteiger partial charge in [0.25, 0.3) is 5.91 Å². The van der Waals surface area contributed by atoms with Gasteiger partial charge in [0.2, 0.25) is 12.7 Å². The summed E-state index contributed by atoms with van der Waals surface area (Å²) < 4.78 is 21.9. The van der Waals surface area contributed by atoms with Gasteiger partial charge >= 0.3 is 0 Å². The fourth-order valence-electron chi connectivity index (χ4n) is 4.66. The summed E-state index contributed by atoms with van der Waals surface area (Å²) in [5.74, 6) is 2.20. The Hall–Kier alpha value is -3.42. The molecule has 1 aliphatic carbocycles. The van der Waals surface area contributed by atoms with Crippen LogP contribution in [-0.2, 0) is 4.79 Å². The molecular weight excluding hydrogens is 424 g/mol. The molecule has 33 heavy (non-hydrogen) atoms. The average Bonchev–Trinajstić information content (AvgIpc) is 3.37. The first-order chi connectivity index (χ1) is 16.1. The van der Waals surface area contributed by atoms with Crippen molar-refractivity contribution in [3.63, 3.8) is 0 Å². The molecule has 0 aromatic heterocycles. The van der Waals surface area contributed by atoms with E-state index in [1.807, 2.05) is 18.2 Å². The lowest BCUT2D eigenvalue weighted by molar-refractivity contribution is -0.125. The van der Waals surface area contributed by atoms with E-state index in [0.29, 0.717) is 54.1 Å². The summed E-state index contributed by atoms with van der Waals surface area (Å²) in [7, 11) is 3.18. The topological polar surface area (TPSA) is 86.3 Å². The molecule has 0 radical (unpaired) electrons. The largest absolute Gasteiger partial charge is 0.493 e. The van der Waals surface area contributed by atoms with Crippen molar-refractivity contribution < 1.29 is 28.5 Å². The van der Waals surface area contributed by atoms with E-state index in [1.165, 1.54) is 0 Å². The molecule has 2 fully saturated rings. The van der Waals surface area contributed by atoms with Crippen LogP contribution in [0.2, 0.25) is 0 Å². The summed E-state index contributed by atoms with van der Waals surface area (Å²) in [5, 5.41) is 3.10. The van der Waals surface area contributed by atoms with Gasteiger partial charge in [0.1, 0.15) is 0 Å². The first kappa shape index (κ1) is 21.4. The highest BCUT2D eigenvalue weighted by atomic mass is 16.7. The molecule has 3 aliphatic rings. The van der Waals surface area contributed by atoms with E-state index in [9.17, 15) is 9.59 Å². The molecule has 1 saturated heterocycles. The van der Waals surface area contributed by atoms with Crippen LogP contribution < -0.4 is 24.3 Å². The van der Waals surface area contributed by atoms with Gasteiger partial charge in [0.05, 0.1) is 20.1 Å². The number of nitrogens with zero attached hydrogens (tertiary/aromatic N) is 1. The van der Waals surface area contributed by atoms with Gasteiger partial charge in [-0.15, -0.1) is 0 Å². The Balaban J connectivity index is 1.43. The van der Waals surface area contributed by atoms with Gasteiger partial charge in [0.15, 0.2) is 23.0 Å². The van der Waals surface area contributed by atoms with Crippen LogP contribution in [-0.4, -0.2) is 57.4 Å². The van der Waals surface area contributed by atoms with Crippen molar-refractivity contribution in [1.82, 2.24) is 10.2 Å². The van der Waals surface area contributed by atoms with Gasteiger partial charge in [-0.25, -0.2) is 0 Å². The molecular formula is C25H28N2O6. The number of benzene rings is 2. The van der Waals surface area contributed by atoms with Crippen LogP contribution in [0.15, 0.2) is 36.4 Å². The summed E-state index contributed by atoms with van der Waals surface area (Å²) in [4.78, 5) is 28.3. The fourth-order valence-corrected chi connectivity index (χ4v) is 4.66. The van der Waals surface area contributed by atoms with Crippen molar-refractivity contribution in [2.75, 3.05) is 40.6 Å². The lowest BCUT2D eigenvalue weighted by Crippen LogP contribution is -2.36. The molecule has 8 heteroatoms. The first-order valence-corrected chi connectivity index (χ1v) is 11.3. The second-order valence-corrected chi connectivity index (χ2v) is 8.76. The normalized spacial score (nSPS) is 21.1. The molecule has 1 saturated carbocycles. The third-order valence-electron chi connectivity index (χ3n) is 6.66. The Labute approximate surface area is 192 Å². The minimum Gasteiger partial charge on any atom is -0.493 e. The van der Waals surface area contributed by atoms with Gasteiger partial charge in [-0.1, -0.05) is 12.1 Å². The predicted molar refractivity (Wildman–Crippen MR) is 120 cm³/mol. The van der Waals surface area contributed by atoms with Gasteiger partial charge in [-0.3, -0.25) is 9.59 Å². The number of rotatable bonds is 7. The summed E-state index contributed by atoms with van der Waals surface area (Å²) in [6, 6.07) is 10.8. The Bertz CT molecular complexity index is 1070. The summed E-state index contributed by atoms with van der Waals surface area (Å²) >= 11 is 0. The number of hydrogen-bond acceptors (Lipinski definition) is 6. The van der Waals surface area contributed by atoms with Crippen molar-refractivity contribution in [1.29, 1.82) is 0 Å². The zero-order valence-electron chi connectivity index (χ0n) is 18.8. The van der Waals surface area contributed by atoms with E-state index >= 15 is 0 Å². The highest BCUT2D eigenvalue weighted by Crippen LogP contribution is 2.42. The van der Waals surface area contributed by atoms with Crippen molar-refractivity contribution in [3.05, 3.63) is 47.5 Å². The van der Waals surface area contributed by atoms with Crippen molar-refractivity contribution in [2.24, 2.45) is 11.8 Å². The maximum Gasteiger partial charge on any atom is 0.254 e. The monoisotopic (exact) mass is 452 g/mol. The number of carbonyl (C=O) groups excluding carboxylic acids is 2. The average molecular weight is 453 g/mol. The molecule has 8 nitrogen and oxygen atoms in total. The molecule has 2 heterocycles. The van der Waals surface area contributed by atoms with Crippen LogP contribution in [0.5, 0.6) is 23.0 Å². The third kappa shape index (κ3) is 4.17. The van der Waals surface area contributed by atoms with Gasteiger partial charge in [-0.2, -0.15) is 0 Å². The zero-order chi connectivity index (χ0) is 22.9. The quantitative estimate of drug-likeness (QED) is 0.695. The molecule has 0 unspecified atom stereocenters. The van der Waals surface area contributed by atoms with E-state index in [0.717, 1.165) is 18.4 Å².